The van der Waals surface area contributed by atoms with Crippen LogP contribution in [0, 0.1) is 5.92 Å². The van der Waals surface area contributed by atoms with E-state index in [0.717, 1.165) is 12.8 Å². The Bertz CT molecular complexity index is 556. The summed E-state index contributed by atoms with van der Waals surface area (Å²) < 4.78 is 0. The fraction of sp³-hybridized carbons (Fsp3) is 0.556. The van der Waals surface area contributed by atoms with E-state index in [1.807, 2.05) is 0 Å². The molecule has 1 aromatic heterocycles. The Kier molecular flexibility index (Phi) is 6.90. The van der Waals surface area contributed by atoms with E-state index in [4.69, 9.17) is 0 Å². The third-order valence-corrected chi connectivity index (χ3v) is 4.60. The predicted molar refractivity (Wildman–Crippen MR) is 91.5 cm³/mol. The summed E-state index contributed by atoms with van der Waals surface area (Å²) in [7, 11) is 0. The first kappa shape index (κ1) is 18.1. The number of amides is 2. The molecule has 6 nitrogen and oxygen atoms in total. The SMILES string of the molecule is CCC(C(=O)C(=O)NCC1CCCCC1)N(C=O)c1ccncc1. The maximum absolute atomic E-state index is 12.5. The zero-order valence-electron chi connectivity index (χ0n) is 14.1. The van der Waals surface area contributed by atoms with Gasteiger partial charge in [-0.15, -0.1) is 0 Å². The number of pyridine rings is 1. The molecule has 2 amide bonds. The van der Waals surface area contributed by atoms with E-state index in [2.05, 4.69) is 10.3 Å². The molecule has 1 aromatic rings. The summed E-state index contributed by atoms with van der Waals surface area (Å²) in [6.45, 7) is 2.33. The molecule has 2 rings (SSSR count). The molecular formula is C18H25N3O3. The fourth-order valence-corrected chi connectivity index (χ4v) is 3.21. The van der Waals surface area contributed by atoms with Gasteiger partial charge in [-0.1, -0.05) is 26.2 Å². The number of carbonyl (C=O) groups is 3. The number of hydrogen-bond donors (Lipinski definition) is 1. The van der Waals surface area contributed by atoms with Crippen LogP contribution in [-0.4, -0.2) is 35.7 Å². The van der Waals surface area contributed by atoms with Gasteiger partial charge in [0.25, 0.3) is 5.91 Å². The van der Waals surface area contributed by atoms with E-state index in [9.17, 15) is 14.4 Å². The molecule has 0 saturated heterocycles. The monoisotopic (exact) mass is 331 g/mol. The van der Waals surface area contributed by atoms with E-state index in [-0.39, 0.29) is 0 Å². The summed E-state index contributed by atoms with van der Waals surface area (Å²) in [5.41, 5.74) is 0.556. The molecule has 0 spiro atoms. The number of anilines is 1. The average Bonchev–Trinajstić information content (AvgIpc) is 2.65. The number of aromatic nitrogens is 1. The highest BCUT2D eigenvalue weighted by Crippen LogP contribution is 2.23. The number of rotatable bonds is 8. The molecule has 130 valence electrons. The number of carbonyl (C=O) groups excluding carboxylic acids is 3. The summed E-state index contributed by atoms with van der Waals surface area (Å²) in [6, 6.07) is 2.49. The van der Waals surface area contributed by atoms with Gasteiger partial charge in [0.2, 0.25) is 12.2 Å². The summed E-state index contributed by atoms with van der Waals surface area (Å²) in [5, 5.41) is 2.75. The van der Waals surface area contributed by atoms with Crippen LogP contribution in [0.5, 0.6) is 0 Å². The van der Waals surface area contributed by atoms with Crippen LogP contribution in [-0.2, 0) is 14.4 Å². The van der Waals surface area contributed by atoms with Gasteiger partial charge in [0.1, 0.15) is 6.04 Å². The fourth-order valence-electron chi connectivity index (χ4n) is 3.21. The second-order valence-electron chi connectivity index (χ2n) is 6.22. The van der Waals surface area contributed by atoms with Gasteiger partial charge in [0, 0.05) is 24.6 Å². The second-order valence-corrected chi connectivity index (χ2v) is 6.22. The van der Waals surface area contributed by atoms with E-state index < -0.39 is 17.7 Å². The zero-order chi connectivity index (χ0) is 17.4. The second kappa shape index (κ2) is 9.15. The van der Waals surface area contributed by atoms with Crippen LogP contribution >= 0.6 is 0 Å². The van der Waals surface area contributed by atoms with E-state index in [1.54, 1.807) is 31.5 Å². The molecule has 1 unspecified atom stereocenters. The van der Waals surface area contributed by atoms with Crippen molar-refractivity contribution in [1.29, 1.82) is 0 Å². The first-order chi connectivity index (χ1) is 11.7. The molecule has 0 aliphatic heterocycles. The minimum absolute atomic E-state index is 0.372. The van der Waals surface area contributed by atoms with Crippen LogP contribution in [0.3, 0.4) is 0 Å². The Morgan fingerprint density at radius 2 is 1.96 bits per heavy atom. The lowest BCUT2D eigenvalue weighted by atomic mass is 9.89. The third-order valence-electron chi connectivity index (χ3n) is 4.60. The van der Waals surface area contributed by atoms with Crippen molar-refractivity contribution in [1.82, 2.24) is 10.3 Å². The molecule has 0 radical (unpaired) electrons. The molecule has 6 heteroatoms. The summed E-state index contributed by atoms with van der Waals surface area (Å²) in [4.78, 5) is 41.4. The lowest BCUT2D eigenvalue weighted by molar-refractivity contribution is -0.139. The molecule has 1 fully saturated rings. The van der Waals surface area contributed by atoms with Gasteiger partial charge in [-0.2, -0.15) is 0 Å². The van der Waals surface area contributed by atoms with Crippen molar-refractivity contribution in [2.45, 2.75) is 51.5 Å². The normalized spacial score (nSPS) is 16.2. The van der Waals surface area contributed by atoms with E-state index >= 15 is 0 Å². The van der Waals surface area contributed by atoms with Crippen molar-refractivity contribution in [3.8, 4) is 0 Å². The van der Waals surface area contributed by atoms with Crippen LogP contribution in [0.15, 0.2) is 24.5 Å². The quantitative estimate of drug-likeness (QED) is 0.584. The van der Waals surface area contributed by atoms with Gasteiger partial charge in [-0.05, 0) is 37.3 Å². The number of ketones is 1. The molecular weight excluding hydrogens is 306 g/mol. The molecule has 1 heterocycles. The van der Waals surface area contributed by atoms with Gasteiger partial charge in [-0.25, -0.2) is 0 Å². The van der Waals surface area contributed by atoms with Gasteiger partial charge in [-0.3, -0.25) is 19.4 Å². The molecule has 0 aromatic carbocycles. The highest BCUT2D eigenvalue weighted by Gasteiger charge is 2.30. The number of nitrogens with one attached hydrogen (secondary N) is 1. The Morgan fingerprint density at radius 3 is 2.54 bits per heavy atom. The average molecular weight is 331 g/mol. The van der Waals surface area contributed by atoms with Crippen molar-refractivity contribution >= 4 is 23.8 Å². The van der Waals surface area contributed by atoms with Crippen molar-refractivity contribution in [2.24, 2.45) is 5.92 Å². The lowest BCUT2D eigenvalue weighted by Crippen LogP contribution is -2.48. The van der Waals surface area contributed by atoms with Crippen LogP contribution in [0.2, 0.25) is 0 Å². The van der Waals surface area contributed by atoms with Crippen molar-refractivity contribution in [2.75, 3.05) is 11.4 Å². The smallest absolute Gasteiger partial charge is 0.289 e. The minimum atomic E-state index is -0.795. The van der Waals surface area contributed by atoms with Gasteiger partial charge in [0.05, 0.1) is 0 Å². The molecule has 1 saturated carbocycles. The van der Waals surface area contributed by atoms with Crippen molar-refractivity contribution in [3.63, 3.8) is 0 Å². The Balaban J connectivity index is 1.98. The van der Waals surface area contributed by atoms with E-state index in [1.165, 1.54) is 24.2 Å². The Hall–Kier alpha value is -2.24. The molecule has 1 aliphatic carbocycles. The highest BCUT2D eigenvalue weighted by molar-refractivity contribution is 6.39. The van der Waals surface area contributed by atoms with Gasteiger partial charge in [0.15, 0.2) is 0 Å². The van der Waals surface area contributed by atoms with E-state index in [0.29, 0.717) is 31.0 Å². The van der Waals surface area contributed by atoms with Crippen LogP contribution < -0.4 is 10.2 Å². The predicted octanol–water partition coefficient (Wildman–Crippen LogP) is 2.09. The van der Waals surface area contributed by atoms with Crippen LogP contribution in [0.25, 0.3) is 0 Å². The summed E-state index contributed by atoms with van der Waals surface area (Å²) in [5.74, 6) is -0.719. The van der Waals surface area contributed by atoms with Crippen LogP contribution in [0.1, 0.15) is 45.4 Å². The summed E-state index contributed by atoms with van der Waals surface area (Å²) >= 11 is 0. The largest absolute Gasteiger partial charge is 0.349 e. The molecule has 1 N–H and O–H groups in total. The molecule has 0 bridgehead atoms. The first-order valence-corrected chi connectivity index (χ1v) is 8.63. The van der Waals surface area contributed by atoms with Gasteiger partial charge < -0.3 is 10.2 Å². The maximum Gasteiger partial charge on any atom is 0.289 e. The standard InChI is InChI=1S/C18H25N3O3/c1-2-16(21(13-22)15-8-10-19-11-9-15)17(23)18(24)20-12-14-6-4-3-5-7-14/h8-11,13-14,16H,2-7,12H2,1H3,(H,20,24). The minimum Gasteiger partial charge on any atom is -0.349 e. The molecule has 1 aliphatic rings. The van der Waals surface area contributed by atoms with Crippen molar-refractivity contribution in [3.05, 3.63) is 24.5 Å². The third kappa shape index (κ3) is 4.63. The Morgan fingerprint density at radius 1 is 1.29 bits per heavy atom. The number of nitrogens with zero attached hydrogens (tertiary/aromatic N) is 2. The number of hydrogen-bond acceptors (Lipinski definition) is 4. The van der Waals surface area contributed by atoms with Gasteiger partial charge >= 0.3 is 0 Å². The summed E-state index contributed by atoms with van der Waals surface area (Å²) in [6.07, 6.45) is 9.89. The Labute approximate surface area is 142 Å². The first-order valence-electron chi connectivity index (χ1n) is 8.63. The maximum atomic E-state index is 12.5. The number of Topliss-reactive ketones (excluding diaryl/α,β-unsaturated/α-hetero) is 1. The van der Waals surface area contributed by atoms with Crippen molar-refractivity contribution < 1.29 is 14.4 Å². The molecule has 24 heavy (non-hydrogen) atoms. The zero-order valence-corrected chi connectivity index (χ0v) is 14.1. The lowest BCUT2D eigenvalue weighted by Gasteiger charge is -2.26. The highest BCUT2D eigenvalue weighted by atomic mass is 16.2. The topological polar surface area (TPSA) is 79.4 Å². The molecule has 1 atom stereocenters. The van der Waals surface area contributed by atoms with Crippen LogP contribution in [0.4, 0.5) is 5.69 Å².